The van der Waals surface area contributed by atoms with Crippen molar-refractivity contribution in [2.45, 2.75) is 19.8 Å². The standard InChI is InChI=1S/C13H16N6O2/c1-8(2)9-3-5-10(6-4-9)16-12-11(19(20)21)7-15-13(17-12)18-14/h3-8H,14H2,1-2H3,(H2,15,16,17,18). The fourth-order valence-electron chi connectivity index (χ4n) is 1.76. The third-order valence-electron chi connectivity index (χ3n) is 2.94. The minimum Gasteiger partial charge on any atom is -0.334 e. The molecule has 4 N–H and O–H groups in total. The van der Waals surface area contributed by atoms with Crippen molar-refractivity contribution in [2.24, 2.45) is 5.84 Å². The summed E-state index contributed by atoms with van der Waals surface area (Å²) in [5.41, 5.74) is 3.92. The van der Waals surface area contributed by atoms with Crippen molar-refractivity contribution in [1.82, 2.24) is 9.97 Å². The van der Waals surface area contributed by atoms with Gasteiger partial charge in [0.25, 0.3) is 0 Å². The highest BCUT2D eigenvalue weighted by atomic mass is 16.6. The second-order valence-corrected chi connectivity index (χ2v) is 4.73. The molecule has 2 aromatic rings. The van der Waals surface area contributed by atoms with Crippen LogP contribution in [0, 0.1) is 10.1 Å². The highest BCUT2D eigenvalue weighted by Crippen LogP contribution is 2.26. The number of hydrogen-bond acceptors (Lipinski definition) is 7. The van der Waals surface area contributed by atoms with Gasteiger partial charge in [-0.15, -0.1) is 0 Å². The topological polar surface area (TPSA) is 119 Å². The number of nitrogens with zero attached hydrogens (tertiary/aromatic N) is 3. The lowest BCUT2D eigenvalue weighted by Crippen LogP contribution is -2.12. The fraction of sp³-hybridized carbons (Fsp3) is 0.231. The quantitative estimate of drug-likeness (QED) is 0.439. The number of benzene rings is 1. The van der Waals surface area contributed by atoms with E-state index in [0.717, 1.165) is 6.20 Å². The van der Waals surface area contributed by atoms with Gasteiger partial charge in [-0.2, -0.15) is 4.98 Å². The van der Waals surface area contributed by atoms with Gasteiger partial charge in [0.05, 0.1) is 4.92 Å². The van der Waals surface area contributed by atoms with E-state index in [4.69, 9.17) is 5.84 Å². The molecular formula is C13H16N6O2. The summed E-state index contributed by atoms with van der Waals surface area (Å²) in [7, 11) is 0. The second-order valence-electron chi connectivity index (χ2n) is 4.73. The van der Waals surface area contributed by atoms with Crippen molar-refractivity contribution in [3.63, 3.8) is 0 Å². The maximum absolute atomic E-state index is 11.0. The fourth-order valence-corrected chi connectivity index (χ4v) is 1.76. The number of aromatic nitrogens is 2. The van der Waals surface area contributed by atoms with Gasteiger partial charge in [0.15, 0.2) is 0 Å². The maximum atomic E-state index is 11.0. The highest BCUT2D eigenvalue weighted by Gasteiger charge is 2.17. The van der Waals surface area contributed by atoms with Crippen LogP contribution in [0.1, 0.15) is 25.3 Å². The third-order valence-corrected chi connectivity index (χ3v) is 2.94. The molecule has 1 aromatic carbocycles. The number of nitrogens with one attached hydrogen (secondary N) is 2. The van der Waals surface area contributed by atoms with Gasteiger partial charge in [0.1, 0.15) is 6.20 Å². The average Bonchev–Trinajstić information content (AvgIpc) is 2.47. The lowest BCUT2D eigenvalue weighted by atomic mass is 10.0. The van der Waals surface area contributed by atoms with E-state index in [1.807, 2.05) is 24.3 Å². The Labute approximate surface area is 121 Å². The van der Waals surface area contributed by atoms with Crippen LogP contribution in [0.25, 0.3) is 0 Å². The van der Waals surface area contributed by atoms with Crippen LogP contribution in [-0.4, -0.2) is 14.9 Å². The molecule has 0 radical (unpaired) electrons. The first-order valence-electron chi connectivity index (χ1n) is 6.36. The van der Waals surface area contributed by atoms with E-state index >= 15 is 0 Å². The van der Waals surface area contributed by atoms with Crippen LogP contribution in [-0.2, 0) is 0 Å². The molecule has 0 aliphatic carbocycles. The van der Waals surface area contributed by atoms with Crippen molar-refractivity contribution in [3.05, 3.63) is 46.1 Å². The molecule has 8 nitrogen and oxygen atoms in total. The van der Waals surface area contributed by atoms with Crippen molar-refractivity contribution in [1.29, 1.82) is 0 Å². The van der Waals surface area contributed by atoms with Crippen LogP contribution in [0.15, 0.2) is 30.5 Å². The van der Waals surface area contributed by atoms with Gasteiger partial charge < -0.3 is 5.32 Å². The van der Waals surface area contributed by atoms with Gasteiger partial charge in [-0.1, -0.05) is 26.0 Å². The Balaban J connectivity index is 2.31. The molecular weight excluding hydrogens is 272 g/mol. The first kappa shape index (κ1) is 14.7. The molecule has 0 spiro atoms. The van der Waals surface area contributed by atoms with Gasteiger partial charge in [-0.25, -0.2) is 10.8 Å². The maximum Gasteiger partial charge on any atom is 0.329 e. The number of nitrogen functional groups attached to an aromatic ring is 1. The van der Waals surface area contributed by atoms with Crippen molar-refractivity contribution in [2.75, 3.05) is 10.7 Å². The van der Waals surface area contributed by atoms with E-state index in [0.29, 0.717) is 11.6 Å². The molecule has 0 fully saturated rings. The Morgan fingerprint density at radius 2 is 1.95 bits per heavy atom. The summed E-state index contributed by atoms with van der Waals surface area (Å²) in [6.45, 7) is 4.19. The molecule has 8 heteroatoms. The highest BCUT2D eigenvalue weighted by molar-refractivity contribution is 5.66. The molecule has 21 heavy (non-hydrogen) atoms. The van der Waals surface area contributed by atoms with E-state index in [9.17, 15) is 10.1 Å². The summed E-state index contributed by atoms with van der Waals surface area (Å²) >= 11 is 0. The Morgan fingerprint density at radius 1 is 1.29 bits per heavy atom. The normalized spacial score (nSPS) is 10.5. The number of anilines is 3. The molecule has 0 aliphatic heterocycles. The Kier molecular flexibility index (Phi) is 4.29. The van der Waals surface area contributed by atoms with E-state index in [-0.39, 0.29) is 17.5 Å². The zero-order valence-corrected chi connectivity index (χ0v) is 11.7. The van der Waals surface area contributed by atoms with Crippen molar-refractivity contribution < 1.29 is 4.92 Å². The second kappa shape index (κ2) is 6.14. The molecule has 0 atom stereocenters. The lowest BCUT2D eigenvalue weighted by Gasteiger charge is -2.09. The average molecular weight is 288 g/mol. The summed E-state index contributed by atoms with van der Waals surface area (Å²) in [6, 6.07) is 7.61. The number of nitro groups is 1. The van der Waals surface area contributed by atoms with Crippen LogP contribution < -0.4 is 16.6 Å². The minimum atomic E-state index is -0.550. The number of rotatable bonds is 5. The summed E-state index contributed by atoms with van der Waals surface area (Å²) < 4.78 is 0. The zero-order chi connectivity index (χ0) is 15.4. The van der Waals surface area contributed by atoms with E-state index < -0.39 is 4.92 Å². The predicted molar refractivity (Wildman–Crippen MR) is 80.3 cm³/mol. The summed E-state index contributed by atoms with van der Waals surface area (Å²) in [6.07, 6.45) is 1.10. The summed E-state index contributed by atoms with van der Waals surface area (Å²) in [4.78, 5) is 18.1. The van der Waals surface area contributed by atoms with Crippen LogP contribution in [0.2, 0.25) is 0 Å². The van der Waals surface area contributed by atoms with Crippen molar-refractivity contribution >= 4 is 23.1 Å². The first-order valence-corrected chi connectivity index (χ1v) is 6.36. The van der Waals surface area contributed by atoms with Gasteiger partial charge in [0, 0.05) is 5.69 Å². The molecule has 0 saturated heterocycles. The third kappa shape index (κ3) is 3.42. The molecule has 2 rings (SSSR count). The molecule has 1 aromatic heterocycles. The van der Waals surface area contributed by atoms with Crippen molar-refractivity contribution in [3.8, 4) is 0 Å². The van der Waals surface area contributed by atoms with Crippen LogP contribution in [0.4, 0.5) is 23.1 Å². The van der Waals surface area contributed by atoms with Gasteiger partial charge >= 0.3 is 5.69 Å². The molecule has 0 aliphatic rings. The first-order chi connectivity index (χ1) is 10.0. The largest absolute Gasteiger partial charge is 0.334 e. The van der Waals surface area contributed by atoms with Gasteiger partial charge in [-0.05, 0) is 23.6 Å². The Morgan fingerprint density at radius 3 is 2.48 bits per heavy atom. The van der Waals surface area contributed by atoms with Crippen LogP contribution >= 0.6 is 0 Å². The van der Waals surface area contributed by atoms with E-state index in [1.165, 1.54) is 5.56 Å². The van der Waals surface area contributed by atoms with E-state index in [2.05, 4.69) is 34.6 Å². The summed E-state index contributed by atoms with van der Waals surface area (Å²) in [5, 5.41) is 13.9. The summed E-state index contributed by atoms with van der Waals surface area (Å²) in [5.74, 6) is 5.82. The number of hydrazine groups is 1. The monoisotopic (exact) mass is 288 g/mol. The molecule has 0 bridgehead atoms. The number of nitrogens with two attached hydrogens (primary N) is 1. The van der Waals surface area contributed by atoms with Crippen LogP contribution in [0.3, 0.4) is 0 Å². The Hall–Kier alpha value is -2.74. The van der Waals surface area contributed by atoms with Gasteiger partial charge in [-0.3, -0.25) is 15.5 Å². The van der Waals surface area contributed by atoms with Crippen LogP contribution in [0.5, 0.6) is 0 Å². The van der Waals surface area contributed by atoms with Gasteiger partial charge in [0.2, 0.25) is 11.8 Å². The molecule has 0 amide bonds. The van der Waals surface area contributed by atoms with E-state index in [1.54, 1.807) is 0 Å². The molecule has 0 unspecified atom stereocenters. The zero-order valence-electron chi connectivity index (χ0n) is 11.7. The minimum absolute atomic E-state index is 0.0836. The number of hydrogen-bond donors (Lipinski definition) is 3. The predicted octanol–water partition coefficient (Wildman–Crippen LogP) is 2.54. The lowest BCUT2D eigenvalue weighted by molar-refractivity contribution is -0.384. The molecule has 0 saturated carbocycles. The smallest absolute Gasteiger partial charge is 0.329 e. The SMILES string of the molecule is CC(C)c1ccc(Nc2nc(NN)ncc2[N+](=O)[O-])cc1. The Bertz CT molecular complexity index is 642. The molecule has 1 heterocycles. The molecule has 110 valence electrons.